The second-order valence-electron chi connectivity index (χ2n) is 9.67. The second kappa shape index (κ2) is 7.17. The Labute approximate surface area is 171 Å². The quantitative estimate of drug-likeness (QED) is 0.621. The molecule has 2 aromatic rings. The minimum absolute atomic E-state index is 0.153. The van der Waals surface area contributed by atoms with E-state index in [1.165, 1.54) is 0 Å². The van der Waals surface area contributed by atoms with Crippen molar-refractivity contribution in [3.63, 3.8) is 0 Å². The molecule has 6 heteroatoms. The number of carbonyl (C=O) groups is 2. The van der Waals surface area contributed by atoms with Crippen molar-refractivity contribution in [1.82, 2.24) is 9.88 Å². The van der Waals surface area contributed by atoms with Gasteiger partial charge in [-0.2, -0.15) is 0 Å². The maximum Gasteiger partial charge on any atom is 0.340 e. The topological polar surface area (TPSA) is 71.6 Å². The van der Waals surface area contributed by atoms with Crippen molar-refractivity contribution in [2.75, 3.05) is 26.2 Å². The molecule has 0 unspecified atom stereocenters. The Hall–Kier alpha value is -2.34. The van der Waals surface area contributed by atoms with Crippen LogP contribution < -0.4 is 4.74 Å². The van der Waals surface area contributed by atoms with Crippen LogP contribution >= 0.6 is 0 Å². The van der Waals surface area contributed by atoms with E-state index in [0.29, 0.717) is 17.9 Å². The van der Waals surface area contributed by atoms with E-state index in [-0.39, 0.29) is 17.4 Å². The Morgan fingerprint density at radius 2 is 1.79 bits per heavy atom. The SMILES string of the molecule is Cc1cc(OC(=O)C(C)(C)C)cc2[nH]cc(C(=O)OCC34CCN(CC3)CC4)c12. The van der Waals surface area contributed by atoms with Gasteiger partial charge in [-0.25, -0.2) is 4.79 Å². The third-order valence-electron chi connectivity index (χ3n) is 6.38. The first-order valence-electron chi connectivity index (χ1n) is 10.4. The van der Waals surface area contributed by atoms with Gasteiger partial charge in [0.15, 0.2) is 0 Å². The van der Waals surface area contributed by atoms with E-state index in [9.17, 15) is 9.59 Å². The van der Waals surface area contributed by atoms with Gasteiger partial charge in [-0.1, -0.05) is 0 Å². The van der Waals surface area contributed by atoms with Gasteiger partial charge in [0.05, 0.1) is 23.1 Å². The highest BCUT2D eigenvalue weighted by atomic mass is 16.5. The highest BCUT2D eigenvalue weighted by Gasteiger charge is 2.40. The number of rotatable bonds is 4. The lowest BCUT2D eigenvalue weighted by Gasteiger charge is -2.47. The number of nitrogens with zero attached hydrogens (tertiary/aromatic N) is 1. The Balaban J connectivity index is 1.50. The number of hydrogen-bond acceptors (Lipinski definition) is 5. The van der Waals surface area contributed by atoms with Crippen molar-refractivity contribution in [1.29, 1.82) is 0 Å². The van der Waals surface area contributed by atoms with E-state index < -0.39 is 5.41 Å². The molecule has 6 nitrogen and oxygen atoms in total. The summed E-state index contributed by atoms with van der Waals surface area (Å²) in [6, 6.07) is 3.56. The zero-order valence-electron chi connectivity index (χ0n) is 17.8. The molecule has 0 spiro atoms. The molecule has 1 aromatic carbocycles. The number of esters is 2. The van der Waals surface area contributed by atoms with E-state index in [1.54, 1.807) is 18.3 Å². The van der Waals surface area contributed by atoms with Crippen LogP contribution in [0.1, 0.15) is 56.0 Å². The van der Waals surface area contributed by atoms with Crippen molar-refractivity contribution in [2.45, 2.75) is 47.0 Å². The number of hydrogen-bond donors (Lipinski definition) is 1. The Morgan fingerprint density at radius 3 is 2.41 bits per heavy atom. The van der Waals surface area contributed by atoms with Crippen LogP contribution in [0.15, 0.2) is 18.3 Å². The largest absolute Gasteiger partial charge is 0.461 e. The van der Waals surface area contributed by atoms with Crippen LogP contribution in [0.25, 0.3) is 10.9 Å². The molecule has 156 valence electrons. The molecule has 5 rings (SSSR count). The van der Waals surface area contributed by atoms with Gasteiger partial charge in [0.25, 0.3) is 0 Å². The fraction of sp³-hybridized carbons (Fsp3) is 0.565. The lowest BCUT2D eigenvalue weighted by Crippen LogP contribution is -2.50. The minimum atomic E-state index is -0.581. The van der Waals surface area contributed by atoms with Crippen LogP contribution in [-0.2, 0) is 9.53 Å². The molecule has 3 aliphatic rings. The van der Waals surface area contributed by atoms with Crippen LogP contribution in [0.5, 0.6) is 5.75 Å². The van der Waals surface area contributed by atoms with Gasteiger partial charge in [0.2, 0.25) is 0 Å². The number of fused-ring (bicyclic) bond motifs is 4. The molecule has 4 heterocycles. The van der Waals surface area contributed by atoms with E-state index in [4.69, 9.17) is 9.47 Å². The summed E-state index contributed by atoms with van der Waals surface area (Å²) in [5, 5.41) is 0.821. The van der Waals surface area contributed by atoms with Gasteiger partial charge in [0, 0.05) is 23.1 Å². The average Bonchev–Trinajstić information content (AvgIpc) is 3.11. The molecule has 0 amide bonds. The Morgan fingerprint density at radius 1 is 1.14 bits per heavy atom. The van der Waals surface area contributed by atoms with E-state index in [0.717, 1.165) is 55.4 Å². The fourth-order valence-corrected chi connectivity index (χ4v) is 4.34. The fourth-order valence-electron chi connectivity index (χ4n) is 4.34. The van der Waals surface area contributed by atoms with Crippen molar-refractivity contribution < 1.29 is 19.1 Å². The monoisotopic (exact) mass is 398 g/mol. The van der Waals surface area contributed by atoms with Crippen molar-refractivity contribution in [3.8, 4) is 5.75 Å². The molecular formula is C23H30N2O4. The molecule has 1 aromatic heterocycles. The van der Waals surface area contributed by atoms with E-state index in [1.807, 2.05) is 27.7 Å². The molecule has 0 saturated carbocycles. The number of ether oxygens (including phenoxy) is 2. The van der Waals surface area contributed by atoms with Gasteiger partial charge < -0.3 is 19.4 Å². The zero-order valence-corrected chi connectivity index (χ0v) is 17.8. The van der Waals surface area contributed by atoms with E-state index >= 15 is 0 Å². The molecule has 3 fully saturated rings. The molecule has 29 heavy (non-hydrogen) atoms. The first-order valence-corrected chi connectivity index (χ1v) is 10.4. The maximum absolute atomic E-state index is 12.8. The lowest BCUT2D eigenvalue weighted by atomic mass is 9.73. The van der Waals surface area contributed by atoms with Gasteiger partial charge in [-0.05, 0) is 78.2 Å². The lowest BCUT2D eigenvalue weighted by molar-refractivity contribution is -0.142. The van der Waals surface area contributed by atoms with Gasteiger partial charge in [0.1, 0.15) is 5.75 Å². The second-order valence-corrected chi connectivity index (χ2v) is 9.67. The number of piperidine rings is 3. The molecule has 0 atom stereocenters. The van der Waals surface area contributed by atoms with E-state index in [2.05, 4.69) is 9.88 Å². The molecule has 0 radical (unpaired) electrons. The summed E-state index contributed by atoms with van der Waals surface area (Å²) in [5.41, 5.74) is 1.74. The van der Waals surface area contributed by atoms with Crippen LogP contribution in [0.4, 0.5) is 0 Å². The highest BCUT2D eigenvalue weighted by molar-refractivity contribution is 6.05. The van der Waals surface area contributed by atoms with Crippen molar-refractivity contribution in [2.24, 2.45) is 10.8 Å². The van der Waals surface area contributed by atoms with Crippen LogP contribution in [-0.4, -0.2) is 48.1 Å². The predicted octanol–water partition coefficient (Wildman–Crippen LogP) is 4.07. The summed E-state index contributed by atoms with van der Waals surface area (Å²) in [4.78, 5) is 30.6. The van der Waals surface area contributed by atoms with Crippen molar-refractivity contribution >= 4 is 22.8 Å². The summed E-state index contributed by atoms with van der Waals surface area (Å²) in [7, 11) is 0. The van der Waals surface area contributed by atoms with Crippen LogP contribution in [0.2, 0.25) is 0 Å². The molecular weight excluding hydrogens is 368 g/mol. The third kappa shape index (κ3) is 3.90. The molecule has 3 aliphatic heterocycles. The number of H-pyrrole nitrogens is 1. The number of aromatic nitrogens is 1. The molecule has 1 N–H and O–H groups in total. The van der Waals surface area contributed by atoms with Gasteiger partial charge >= 0.3 is 11.9 Å². The summed E-state index contributed by atoms with van der Waals surface area (Å²) in [5.74, 6) is -0.106. The average molecular weight is 399 g/mol. The highest BCUT2D eigenvalue weighted by Crippen LogP contribution is 2.40. The smallest absolute Gasteiger partial charge is 0.340 e. The number of aromatic amines is 1. The van der Waals surface area contributed by atoms with Crippen molar-refractivity contribution in [3.05, 3.63) is 29.5 Å². The Kier molecular flexibility index (Phi) is 4.93. The zero-order chi connectivity index (χ0) is 20.8. The number of carbonyl (C=O) groups excluding carboxylic acids is 2. The normalized spacial score (nSPS) is 23.9. The van der Waals surface area contributed by atoms with Crippen LogP contribution in [0, 0.1) is 17.8 Å². The minimum Gasteiger partial charge on any atom is -0.461 e. The Bertz CT molecular complexity index is 932. The van der Waals surface area contributed by atoms with Gasteiger partial charge in [-0.3, -0.25) is 4.79 Å². The predicted molar refractivity (Wildman–Crippen MR) is 111 cm³/mol. The summed E-state index contributed by atoms with van der Waals surface area (Å²) in [6.45, 7) is 11.2. The standard InChI is InChI=1S/C23H30N2O4/c1-15-11-16(29-21(27)22(2,3)4)12-18-19(15)17(13-24-18)20(26)28-14-23-5-8-25(9-6-23)10-7-23/h11-13,24H,5-10,14H2,1-4H3. The first kappa shape index (κ1) is 20.0. The number of benzene rings is 1. The third-order valence-corrected chi connectivity index (χ3v) is 6.38. The number of aryl methyl sites for hydroxylation is 1. The van der Waals surface area contributed by atoms with Gasteiger partial charge in [-0.15, -0.1) is 0 Å². The summed E-state index contributed by atoms with van der Waals surface area (Å²) in [6.07, 6.45) is 5.01. The maximum atomic E-state index is 12.8. The molecule has 2 bridgehead atoms. The van der Waals surface area contributed by atoms with Crippen LogP contribution in [0.3, 0.4) is 0 Å². The first-order chi connectivity index (χ1) is 13.7. The summed E-state index contributed by atoms with van der Waals surface area (Å²) < 4.78 is 11.3. The number of nitrogens with one attached hydrogen (secondary N) is 1. The molecule has 0 aliphatic carbocycles. The molecule has 3 saturated heterocycles. The summed E-state index contributed by atoms with van der Waals surface area (Å²) >= 11 is 0.